The highest BCUT2D eigenvalue weighted by Crippen LogP contribution is 2.37. The van der Waals surface area contributed by atoms with Crippen LogP contribution in [0.25, 0.3) is 0 Å². The molecule has 18 heavy (non-hydrogen) atoms. The van der Waals surface area contributed by atoms with Gasteiger partial charge >= 0.3 is 6.18 Å². The first-order valence-corrected chi connectivity index (χ1v) is 6.00. The summed E-state index contributed by atoms with van der Waals surface area (Å²) in [5.74, 6) is 0. The van der Waals surface area contributed by atoms with Crippen molar-refractivity contribution in [1.29, 1.82) is 0 Å². The van der Waals surface area contributed by atoms with Gasteiger partial charge in [-0.1, -0.05) is 11.6 Å². The molecule has 0 radical (unpaired) electrons. The molecule has 0 aromatic heterocycles. The summed E-state index contributed by atoms with van der Waals surface area (Å²) >= 11 is 5.62. The lowest BCUT2D eigenvalue weighted by atomic mass is 10.1. The number of nitrogens with one attached hydrogen (secondary N) is 1. The van der Waals surface area contributed by atoms with E-state index in [1.54, 1.807) is 0 Å². The summed E-state index contributed by atoms with van der Waals surface area (Å²) < 4.78 is 43.9. The van der Waals surface area contributed by atoms with Crippen LogP contribution in [0.1, 0.15) is 18.9 Å². The van der Waals surface area contributed by atoms with Gasteiger partial charge in [-0.3, -0.25) is 0 Å². The van der Waals surface area contributed by atoms with E-state index in [4.69, 9.17) is 16.3 Å². The van der Waals surface area contributed by atoms with E-state index in [2.05, 4.69) is 5.32 Å². The van der Waals surface area contributed by atoms with Crippen molar-refractivity contribution in [3.8, 4) is 0 Å². The Labute approximate surface area is 108 Å². The van der Waals surface area contributed by atoms with Crippen LogP contribution in [0, 0.1) is 0 Å². The standard InChI is InChI=1S/C12H13ClF3NO/c1-7-10(4-5-18-7)17-11-3-2-8(13)6-9(11)12(14,15)16/h2-3,6-7,10,17H,4-5H2,1H3. The predicted octanol–water partition coefficient (Wildman–Crippen LogP) is 3.95. The number of benzene rings is 1. The van der Waals surface area contributed by atoms with Crippen LogP contribution in [0.4, 0.5) is 18.9 Å². The van der Waals surface area contributed by atoms with Crippen LogP contribution >= 0.6 is 11.6 Å². The summed E-state index contributed by atoms with van der Waals surface area (Å²) in [5.41, 5.74) is -0.691. The van der Waals surface area contributed by atoms with Crippen molar-refractivity contribution >= 4 is 17.3 Å². The molecular weight excluding hydrogens is 267 g/mol. The first-order chi connectivity index (χ1) is 8.38. The van der Waals surface area contributed by atoms with Crippen LogP contribution in [0.5, 0.6) is 0 Å². The SMILES string of the molecule is CC1OCCC1Nc1ccc(Cl)cc1C(F)(F)F. The van der Waals surface area contributed by atoms with Crippen molar-refractivity contribution in [2.75, 3.05) is 11.9 Å². The minimum atomic E-state index is -4.42. The van der Waals surface area contributed by atoms with E-state index in [1.165, 1.54) is 12.1 Å². The lowest BCUT2D eigenvalue weighted by Crippen LogP contribution is -2.28. The quantitative estimate of drug-likeness (QED) is 0.885. The highest BCUT2D eigenvalue weighted by molar-refractivity contribution is 6.30. The van der Waals surface area contributed by atoms with Gasteiger partial charge in [-0.15, -0.1) is 0 Å². The van der Waals surface area contributed by atoms with Crippen molar-refractivity contribution in [1.82, 2.24) is 0 Å². The Morgan fingerprint density at radius 1 is 1.39 bits per heavy atom. The highest BCUT2D eigenvalue weighted by Gasteiger charge is 2.35. The van der Waals surface area contributed by atoms with Crippen LogP contribution in [0.2, 0.25) is 5.02 Å². The fourth-order valence-corrected chi connectivity index (χ4v) is 2.17. The number of hydrogen-bond acceptors (Lipinski definition) is 2. The molecule has 0 saturated carbocycles. The van der Waals surface area contributed by atoms with E-state index in [0.717, 1.165) is 6.07 Å². The fourth-order valence-electron chi connectivity index (χ4n) is 2.00. The fraction of sp³-hybridized carbons (Fsp3) is 0.500. The molecule has 6 heteroatoms. The molecule has 1 heterocycles. The molecule has 2 unspecified atom stereocenters. The van der Waals surface area contributed by atoms with Crippen LogP contribution in [-0.2, 0) is 10.9 Å². The summed E-state index contributed by atoms with van der Waals surface area (Å²) in [5, 5.41) is 2.96. The maximum atomic E-state index is 12.9. The van der Waals surface area contributed by atoms with Gasteiger partial charge in [0.05, 0.1) is 17.7 Å². The summed E-state index contributed by atoms with van der Waals surface area (Å²) in [4.78, 5) is 0. The van der Waals surface area contributed by atoms with Gasteiger partial charge < -0.3 is 10.1 Å². The van der Waals surface area contributed by atoms with Crippen LogP contribution in [-0.4, -0.2) is 18.8 Å². The van der Waals surface area contributed by atoms with Gasteiger partial charge in [0.25, 0.3) is 0 Å². The number of hydrogen-bond donors (Lipinski definition) is 1. The lowest BCUT2D eigenvalue weighted by molar-refractivity contribution is -0.137. The van der Waals surface area contributed by atoms with Gasteiger partial charge in [0.1, 0.15) is 0 Å². The zero-order valence-corrected chi connectivity index (χ0v) is 10.5. The van der Waals surface area contributed by atoms with E-state index >= 15 is 0 Å². The minimum absolute atomic E-state index is 0.0502. The molecular formula is C12H13ClF3NO. The Bertz CT molecular complexity index is 436. The average molecular weight is 280 g/mol. The van der Waals surface area contributed by atoms with E-state index in [-0.39, 0.29) is 22.9 Å². The predicted molar refractivity (Wildman–Crippen MR) is 63.9 cm³/mol. The van der Waals surface area contributed by atoms with Crippen molar-refractivity contribution < 1.29 is 17.9 Å². The van der Waals surface area contributed by atoms with E-state index in [1.807, 2.05) is 6.92 Å². The second-order valence-corrected chi connectivity index (χ2v) is 4.74. The van der Waals surface area contributed by atoms with Crippen molar-refractivity contribution in [2.45, 2.75) is 31.7 Å². The number of alkyl halides is 3. The molecule has 2 nitrogen and oxygen atoms in total. The Kier molecular flexibility index (Phi) is 3.73. The maximum Gasteiger partial charge on any atom is 0.418 e. The van der Waals surface area contributed by atoms with Gasteiger partial charge in [0.2, 0.25) is 0 Å². The molecule has 1 fully saturated rings. The second-order valence-electron chi connectivity index (χ2n) is 4.30. The van der Waals surface area contributed by atoms with Crippen molar-refractivity contribution in [3.05, 3.63) is 28.8 Å². The monoisotopic (exact) mass is 279 g/mol. The molecule has 1 aromatic rings. The number of ether oxygens (including phenoxy) is 1. The van der Waals surface area contributed by atoms with E-state index in [0.29, 0.717) is 13.0 Å². The third-order valence-electron chi connectivity index (χ3n) is 3.00. The smallest absolute Gasteiger partial charge is 0.379 e. The number of halogens is 4. The zero-order chi connectivity index (χ0) is 13.3. The average Bonchev–Trinajstić information content (AvgIpc) is 2.66. The molecule has 1 aromatic carbocycles. The number of anilines is 1. The molecule has 0 amide bonds. The third-order valence-corrected chi connectivity index (χ3v) is 3.24. The van der Waals surface area contributed by atoms with Gasteiger partial charge in [-0.05, 0) is 31.5 Å². The maximum absolute atomic E-state index is 12.9. The first-order valence-electron chi connectivity index (χ1n) is 5.63. The third kappa shape index (κ3) is 2.90. The first kappa shape index (κ1) is 13.5. The zero-order valence-electron chi connectivity index (χ0n) is 9.72. The summed E-state index contributed by atoms with van der Waals surface area (Å²) in [6.07, 6.45) is -3.82. The van der Waals surface area contributed by atoms with Gasteiger partial charge in [0, 0.05) is 17.3 Å². The molecule has 100 valence electrons. The topological polar surface area (TPSA) is 21.3 Å². The van der Waals surface area contributed by atoms with Crippen LogP contribution < -0.4 is 5.32 Å². The lowest BCUT2D eigenvalue weighted by Gasteiger charge is -2.21. The summed E-state index contributed by atoms with van der Waals surface area (Å²) in [6.45, 7) is 2.40. The molecule has 2 atom stereocenters. The Morgan fingerprint density at radius 2 is 2.11 bits per heavy atom. The largest absolute Gasteiger partial charge is 0.418 e. The van der Waals surface area contributed by atoms with E-state index < -0.39 is 11.7 Å². The molecule has 1 saturated heterocycles. The van der Waals surface area contributed by atoms with Crippen molar-refractivity contribution in [3.63, 3.8) is 0 Å². The van der Waals surface area contributed by atoms with Crippen molar-refractivity contribution in [2.24, 2.45) is 0 Å². The second kappa shape index (κ2) is 4.97. The van der Waals surface area contributed by atoms with Crippen LogP contribution in [0.3, 0.4) is 0 Å². The molecule has 1 aliphatic heterocycles. The van der Waals surface area contributed by atoms with Gasteiger partial charge in [-0.2, -0.15) is 13.2 Å². The van der Waals surface area contributed by atoms with Gasteiger partial charge in [0.15, 0.2) is 0 Å². The summed E-state index contributed by atoms with van der Waals surface area (Å²) in [6, 6.07) is 3.63. The Hall–Kier alpha value is -0.940. The highest BCUT2D eigenvalue weighted by atomic mass is 35.5. The summed E-state index contributed by atoms with van der Waals surface area (Å²) in [7, 11) is 0. The molecule has 1 N–H and O–H groups in total. The molecule has 0 spiro atoms. The van der Waals surface area contributed by atoms with Gasteiger partial charge in [-0.25, -0.2) is 0 Å². The Balaban J connectivity index is 2.27. The number of rotatable bonds is 2. The normalized spacial score (nSPS) is 24.3. The van der Waals surface area contributed by atoms with Crippen LogP contribution in [0.15, 0.2) is 18.2 Å². The molecule has 1 aliphatic rings. The Morgan fingerprint density at radius 3 is 2.67 bits per heavy atom. The molecule has 0 aliphatic carbocycles. The van der Waals surface area contributed by atoms with E-state index in [9.17, 15) is 13.2 Å². The molecule has 0 bridgehead atoms. The minimum Gasteiger partial charge on any atom is -0.379 e. The molecule has 2 rings (SSSR count).